The van der Waals surface area contributed by atoms with Gasteiger partial charge in [0.25, 0.3) is 0 Å². The molecule has 3 heteroatoms. The zero-order chi connectivity index (χ0) is 12.3. The molecule has 1 N–H and O–H groups in total. The number of likely N-dealkylation sites (tertiary alicyclic amines) is 1. The molecule has 0 aromatic heterocycles. The summed E-state index contributed by atoms with van der Waals surface area (Å²) in [7, 11) is 0. The first kappa shape index (κ1) is 14.9. The van der Waals surface area contributed by atoms with E-state index < -0.39 is 0 Å². The Morgan fingerprint density at radius 1 is 1.18 bits per heavy atom. The summed E-state index contributed by atoms with van der Waals surface area (Å²) in [5.74, 6) is 0. The molecule has 3 nitrogen and oxygen atoms in total. The lowest BCUT2D eigenvalue weighted by atomic mass is 10.1. The van der Waals surface area contributed by atoms with Gasteiger partial charge in [-0.15, -0.1) is 0 Å². The second-order valence-corrected chi connectivity index (χ2v) is 5.01. The lowest BCUT2D eigenvalue weighted by Crippen LogP contribution is -2.35. The van der Waals surface area contributed by atoms with Crippen molar-refractivity contribution in [1.82, 2.24) is 10.2 Å². The molecule has 1 saturated heterocycles. The van der Waals surface area contributed by atoms with Crippen LogP contribution in [0.2, 0.25) is 0 Å². The van der Waals surface area contributed by atoms with Crippen LogP contribution >= 0.6 is 0 Å². The van der Waals surface area contributed by atoms with Crippen LogP contribution in [0.4, 0.5) is 0 Å². The zero-order valence-electron chi connectivity index (χ0n) is 11.7. The van der Waals surface area contributed by atoms with Crippen molar-refractivity contribution in [3.8, 4) is 0 Å². The number of hydrogen-bond acceptors (Lipinski definition) is 3. The van der Waals surface area contributed by atoms with Crippen LogP contribution in [0, 0.1) is 0 Å². The van der Waals surface area contributed by atoms with E-state index in [4.69, 9.17) is 4.74 Å². The van der Waals surface area contributed by atoms with Gasteiger partial charge in [0.2, 0.25) is 0 Å². The highest BCUT2D eigenvalue weighted by Crippen LogP contribution is 2.08. The van der Waals surface area contributed by atoms with Gasteiger partial charge in [-0.1, -0.05) is 20.3 Å². The molecule has 1 fully saturated rings. The molecule has 0 bridgehead atoms. The first-order valence-electron chi connectivity index (χ1n) is 7.41. The van der Waals surface area contributed by atoms with Crippen LogP contribution in [-0.2, 0) is 4.74 Å². The highest BCUT2D eigenvalue weighted by molar-refractivity contribution is 4.65. The third-order valence-electron chi connectivity index (χ3n) is 3.46. The first-order valence-corrected chi connectivity index (χ1v) is 7.41. The average molecular weight is 242 g/mol. The van der Waals surface area contributed by atoms with Gasteiger partial charge in [0.05, 0.1) is 12.7 Å². The van der Waals surface area contributed by atoms with E-state index in [-0.39, 0.29) is 0 Å². The predicted octanol–water partition coefficient (Wildman–Crippen LogP) is 2.27. The quantitative estimate of drug-likeness (QED) is 0.628. The van der Waals surface area contributed by atoms with Crippen molar-refractivity contribution in [1.29, 1.82) is 0 Å². The van der Waals surface area contributed by atoms with E-state index >= 15 is 0 Å². The molecule has 0 aromatic rings. The molecule has 1 unspecified atom stereocenters. The summed E-state index contributed by atoms with van der Waals surface area (Å²) in [5, 5.41) is 3.44. The summed E-state index contributed by atoms with van der Waals surface area (Å²) >= 11 is 0. The van der Waals surface area contributed by atoms with Crippen LogP contribution in [0.1, 0.15) is 46.0 Å². The molecule has 1 aliphatic heterocycles. The molecule has 1 atom stereocenters. The van der Waals surface area contributed by atoms with Gasteiger partial charge < -0.3 is 15.0 Å². The number of rotatable bonds is 9. The SMILES string of the molecule is CCCNCC(CC)OCCN1CCCCC1. The van der Waals surface area contributed by atoms with E-state index in [2.05, 4.69) is 24.1 Å². The van der Waals surface area contributed by atoms with Crippen molar-refractivity contribution in [2.75, 3.05) is 39.3 Å². The van der Waals surface area contributed by atoms with E-state index in [1.165, 1.54) is 38.8 Å². The van der Waals surface area contributed by atoms with E-state index in [0.717, 1.165) is 32.7 Å². The summed E-state index contributed by atoms with van der Waals surface area (Å²) in [6.07, 6.45) is 6.85. The van der Waals surface area contributed by atoms with Crippen molar-refractivity contribution in [3.05, 3.63) is 0 Å². The molecule has 0 aromatic carbocycles. The third-order valence-corrected chi connectivity index (χ3v) is 3.46. The summed E-state index contributed by atoms with van der Waals surface area (Å²) in [4.78, 5) is 2.54. The smallest absolute Gasteiger partial charge is 0.0697 e. The van der Waals surface area contributed by atoms with Gasteiger partial charge >= 0.3 is 0 Å². The lowest BCUT2D eigenvalue weighted by Gasteiger charge is -2.27. The second-order valence-electron chi connectivity index (χ2n) is 5.01. The Kier molecular flexibility index (Phi) is 8.67. The van der Waals surface area contributed by atoms with Crippen LogP contribution < -0.4 is 5.32 Å². The standard InChI is InChI=1S/C14H30N2O/c1-3-8-15-13-14(4-2)17-12-11-16-9-6-5-7-10-16/h14-15H,3-13H2,1-2H3. The van der Waals surface area contributed by atoms with Gasteiger partial charge in [0.1, 0.15) is 0 Å². The number of hydrogen-bond donors (Lipinski definition) is 1. The first-order chi connectivity index (χ1) is 8.36. The Balaban J connectivity index is 2.01. The molecule has 0 spiro atoms. The van der Waals surface area contributed by atoms with Gasteiger partial charge in [0, 0.05) is 13.1 Å². The van der Waals surface area contributed by atoms with Crippen LogP contribution in [0.25, 0.3) is 0 Å². The van der Waals surface area contributed by atoms with Crippen LogP contribution in [0.15, 0.2) is 0 Å². The largest absolute Gasteiger partial charge is 0.376 e. The minimum Gasteiger partial charge on any atom is -0.376 e. The van der Waals surface area contributed by atoms with Crippen molar-refractivity contribution in [2.24, 2.45) is 0 Å². The van der Waals surface area contributed by atoms with Gasteiger partial charge in [-0.25, -0.2) is 0 Å². The monoisotopic (exact) mass is 242 g/mol. The minimum atomic E-state index is 0.395. The van der Waals surface area contributed by atoms with Crippen LogP contribution in [0.5, 0.6) is 0 Å². The highest BCUT2D eigenvalue weighted by atomic mass is 16.5. The molecule has 17 heavy (non-hydrogen) atoms. The third kappa shape index (κ3) is 7.02. The molecule has 0 radical (unpaired) electrons. The highest BCUT2D eigenvalue weighted by Gasteiger charge is 2.11. The maximum Gasteiger partial charge on any atom is 0.0697 e. The lowest BCUT2D eigenvalue weighted by molar-refractivity contribution is 0.0327. The van der Waals surface area contributed by atoms with E-state index in [0.29, 0.717) is 6.10 Å². The van der Waals surface area contributed by atoms with E-state index in [1.807, 2.05) is 0 Å². The number of nitrogens with one attached hydrogen (secondary N) is 1. The fourth-order valence-electron chi connectivity index (χ4n) is 2.29. The van der Waals surface area contributed by atoms with Gasteiger partial charge in [-0.3, -0.25) is 0 Å². The molecule has 0 aliphatic carbocycles. The fraction of sp³-hybridized carbons (Fsp3) is 1.00. The fourth-order valence-corrected chi connectivity index (χ4v) is 2.29. The molecule has 0 amide bonds. The average Bonchev–Trinajstić information content (AvgIpc) is 2.38. The Morgan fingerprint density at radius 2 is 1.94 bits per heavy atom. The minimum absolute atomic E-state index is 0.395. The summed E-state index contributed by atoms with van der Waals surface area (Å²) in [5.41, 5.74) is 0. The molecule has 0 saturated carbocycles. The zero-order valence-corrected chi connectivity index (χ0v) is 11.7. The van der Waals surface area contributed by atoms with Crippen LogP contribution in [-0.4, -0.2) is 50.3 Å². The Labute approximate surface area is 107 Å². The van der Waals surface area contributed by atoms with E-state index in [9.17, 15) is 0 Å². The molecular formula is C14H30N2O. The molecule has 1 aliphatic rings. The van der Waals surface area contributed by atoms with Crippen molar-refractivity contribution in [2.45, 2.75) is 52.1 Å². The number of ether oxygens (including phenoxy) is 1. The normalized spacial score (nSPS) is 19.4. The summed E-state index contributed by atoms with van der Waals surface area (Å²) < 4.78 is 5.94. The van der Waals surface area contributed by atoms with Gasteiger partial charge in [0.15, 0.2) is 0 Å². The van der Waals surface area contributed by atoms with Gasteiger partial charge in [-0.05, 0) is 45.3 Å². The molecular weight excluding hydrogens is 212 g/mol. The summed E-state index contributed by atoms with van der Waals surface area (Å²) in [6, 6.07) is 0. The Morgan fingerprint density at radius 3 is 2.59 bits per heavy atom. The van der Waals surface area contributed by atoms with Crippen molar-refractivity contribution < 1.29 is 4.74 Å². The van der Waals surface area contributed by atoms with Gasteiger partial charge in [-0.2, -0.15) is 0 Å². The maximum absolute atomic E-state index is 5.94. The van der Waals surface area contributed by atoms with Crippen LogP contribution in [0.3, 0.4) is 0 Å². The Hall–Kier alpha value is -0.120. The number of nitrogens with zero attached hydrogens (tertiary/aromatic N) is 1. The van der Waals surface area contributed by atoms with Crippen molar-refractivity contribution >= 4 is 0 Å². The molecule has 1 heterocycles. The molecule has 1 rings (SSSR count). The second kappa shape index (κ2) is 9.86. The van der Waals surface area contributed by atoms with E-state index in [1.54, 1.807) is 0 Å². The Bertz CT molecular complexity index is 170. The maximum atomic E-state index is 5.94. The summed E-state index contributed by atoms with van der Waals surface area (Å²) in [6.45, 7) is 11.1. The van der Waals surface area contributed by atoms with Crippen molar-refractivity contribution in [3.63, 3.8) is 0 Å². The molecule has 102 valence electrons. The predicted molar refractivity (Wildman–Crippen MR) is 73.5 cm³/mol. The topological polar surface area (TPSA) is 24.5 Å². The number of piperidine rings is 1.